The first-order chi connectivity index (χ1) is 9.22. The Morgan fingerprint density at radius 1 is 1.05 bits per heavy atom. The zero-order chi connectivity index (χ0) is 13.4. The minimum absolute atomic E-state index is 0.141. The summed E-state index contributed by atoms with van der Waals surface area (Å²) >= 11 is 0. The molecule has 1 aromatic carbocycles. The second-order valence-electron chi connectivity index (χ2n) is 4.48. The Morgan fingerprint density at radius 3 is 2.42 bits per heavy atom. The van der Waals surface area contributed by atoms with Crippen molar-refractivity contribution in [3.8, 4) is 0 Å². The van der Waals surface area contributed by atoms with Gasteiger partial charge in [0.25, 0.3) is 0 Å². The second kappa shape index (κ2) is 4.39. The van der Waals surface area contributed by atoms with Gasteiger partial charge in [0.2, 0.25) is 5.78 Å². The molecule has 4 nitrogen and oxygen atoms in total. The van der Waals surface area contributed by atoms with Crippen LogP contribution >= 0.6 is 0 Å². The number of fused-ring (bicyclic) bond motifs is 2. The van der Waals surface area contributed by atoms with E-state index >= 15 is 0 Å². The quantitative estimate of drug-likeness (QED) is 0.781. The smallest absolute Gasteiger partial charge is 0.229 e. The maximum Gasteiger partial charge on any atom is 0.229 e. The number of carbonyl (C=O) groups excluding carboxylic acids is 2. The molecule has 1 N–H and O–H groups in total. The lowest BCUT2D eigenvalue weighted by Gasteiger charge is -2.11. The van der Waals surface area contributed by atoms with E-state index in [0.29, 0.717) is 22.6 Å². The molecule has 0 saturated heterocycles. The number of ketones is 2. The maximum atomic E-state index is 12.3. The first-order valence-electron chi connectivity index (χ1n) is 6.28. The van der Waals surface area contributed by atoms with Crippen LogP contribution in [0.1, 0.15) is 45.4 Å². The van der Waals surface area contributed by atoms with Gasteiger partial charge in [0.1, 0.15) is 0 Å². The molecule has 0 unspecified atom stereocenters. The van der Waals surface area contributed by atoms with E-state index in [1.54, 1.807) is 30.3 Å². The van der Waals surface area contributed by atoms with Gasteiger partial charge in [-0.25, -0.2) is 0 Å². The van der Waals surface area contributed by atoms with E-state index in [-0.39, 0.29) is 17.3 Å². The molecular weight excluding hydrogens is 242 g/mol. The summed E-state index contributed by atoms with van der Waals surface area (Å²) in [6, 6.07) is 8.44. The molecule has 0 atom stereocenters. The molecule has 1 aliphatic rings. The number of anilines is 1. The van der Waals surface area contributed by atoms with Gasteiger partial charge in [0.15, 0.2) is 17.4 Å². The third kappa shape index (κ3) is 1.76. The van der Waals surface area contributed by atoms with Gasteiger partial charge in [-0.05, 0) is 6.42 Å². The van der Waals surface area contributed by atoms with Crippen LogP contribution in [0.15, 0.2) is 34.7 Å². The van der Waals surface area contributed by atoms with Gasteiger partial charge in [-0.1, -0.05) is 31.2 Å². The van der Waals surface area contributed by atoms with Crippen LogP contribution in [-0.4, -0.2) is 18.1 Å². The summed E-state index contributed by atoms with van der Waals surface area (Å²) in [6.45, 7) is 2.77. The Bertz CT molecular complexity index is 617. The zero-order valence-electron chi connectivity index (χ0n) is 10.5. The zero-order valence-corrected chi connectivity index (χ0v) is 10.5. The number of furan rings is 1. The first kappa shape index (κ1) is 11.7. The lowest BCUT2D eigenvalue weighted by molar-refractivity contribution is 0.0961. The van der Waals surface area contributed by atoms with E-state index in [1.807, 2.05) is 6.92 Å². The Labute approximate surface area is 110 Å². The van der Waals surface area contributed by atoms with Crippen LogP contribution in [0.2, 0.25) is 0 Å². The summed E-state index contributed by atoms with van der Waals surface area (Å²) in [4.78, 5) is 24.6. The Morgan fingerprint density at radius 2 is 1.74 bits per heavy atom. The van der Waals surface area contributed by atoms with Crippen LogP contribution < -0.4 is 5.32 Å². The van der Waals surface area contributed by atoms with Gasteiger partial charge in [0.05, 0.1) is 5.56 Å². The van der Waals surface area contributed by atoms with Crippen molar-refractivity contribution in [2.45, 2.75) is 13.3 Å². The number of nitrogens with one attached hydrogen (secondary N) is 1. The highest BCUT2D eigenvalue weighted by atomic mass is 16.4. The Balaban J connectivity index is 2.07. The van der Waals surface area contributed by atoms with Gasteiger partial charge in [-0.3, -0.25) is 9.59 Å². The summed E-state index contributed by atoms with van der Waals surface area (Å²) in [5.41, 5.74) is 1.21. The number of hydrogen-bond donors (Lipinski definition) is 1. The molecule has 0 bridgehead atoms. The first-order valence-corrected chi connectivity index (χ1v) is 6.28. The molecule has 0 amide bonds. The molecule has 1 aromatic heterocycles. The van der Waals surface area contributed by atoms with Crippen molar-refractivity contribution in [1.29, 1.82) is 0 Å². The molecule has 0 radical (unpaired) electrons. The normalized spacial score (nSPS) is 13.1. The summed E-state index contributed by atoms with van der Waals surface area (Å²) in [5, 5.41) is 3.05. The Hall–Kier alpha value is -2.36. The largest absolute Gasteiger partial charge is 0.436 e. The lowest BCUT2D eigenvalue weighted by atomic mass is 9.89. The minimum atomic E-state index is -0.227. The fraction of sp³-hybridized carbons (Fsp3) is 0.200. The standard InChI is InChI=1S/C15H13NO3/c1-2-7-16-12-8-11-13(17)9-5-3-4-6-10(9)14(18)15(11)19-12/h3-6,8,16H,2,7H2,1H3. The minimum Gasteiger partial charge on any atom is -0.436 e. The van der Waals surface area contributed by atoms with Crippen molar-refractivity contribution < 1.29 is 14.0 Å². The van der Waals surface area contributed by atoms with Crippen molar-refractivity contribution in [3.05, 3.63) is 52.8 Å². The highest BCUT2D eigenvalue weighted by Crippen LogP contribution is 2.31. The number of hydrogen-bond acceptors (Lipinski definition) is 4. The second-order valence-corrected chi connectivity index (χ2v) is 4.48. The molecule has 1 aliphatic carbocycles. The highest BCUT2D eigenvalue weighted by Gasteiger charge is 2.33. The number of benzene rings is 1. The number of carbonyl (C=O) groups is 2. The van der Waals surface area contributed by atoms with Crippen LogP contribution in [-0.2, 0) is 0 Å². The van der Waals surface area contributed by atoms with Crippen LogP contribution in [0.4, 0.5) is 5.88 Å². The van der Waals surface area contributed by atoms with E-state index in [2.05, 4.69) is 5.32 Å². The van der Waals surface area contributed by atoms with Crippen LogP contribution in [0, 0.1) is 0 Å². The van der Waals surface area contributed by atoms with Crippen molar-refractivity contribution in [2.24, 2.45) is 0 Å². The maximum absolute atomic E-state index is 12.3. The van der Waals surface area contributed by atoms with Crippen LogP contribution in [0.25, 0.3) is 0 Å². The molecule has 4 heteroatoms. The predicted octanol–water partition coefficient (Wildman–Crippen LogP) is 2.88. The van der Waals surface area contributed by atoms with E-state index in [1.165, 1.54) is 0 Å². The molecule has 2 aromatic rings. The van der Waals surface area contributed by atoms with E-state index in [9.17, 15) is 9.59 Å². The van der Waals surface area contributed by atoms with Crippen molar-refractivity contribution in [3.63, 3.8) is 0 Å². The fourth-order valence-corrected chi connectivity index (χ4v) is 2.21. The van der Waals surface area contributed by atoms with Crippen molar-refractivity contribution in [1.82, 2.24) is 0 Å². The molecule has 0 saturated carbocycles. The average molecular weight is 255 g/mol. The Kier molecular flexibility index (Phi) is 2.71. The summed E-state index contributed by atoms with van der Waals surface area (Å²) in [7, 11) is 0. The highest BCUT2D eigenvalue weighted by molar-refractivity contribution is 6.27. The van der Waals surface area contributed by atoms with Crippen LogP contribution in [0.3, 0.4) is 0 Å². The van der Waals surface area contributed by atoms with Crippen molar-refractivity contribution >= 4 is 17.5 Å². The molecule has 1 heterocycles. The molecule has 3 rings (SSSR count). The predicted molar refractivity (Wildman–Crippen MR) is 70.8 cm³/mol. The van der Waals surface area contributed by atoms with Gasteiger partial charge in [-0.2, -0.15) is 0 Å². The average Bonchev–Trinajstić information content (AvgIpc) is 2.87. The SMILES string of the molecule is CCCNc1cc2c(o1)C(=O)c1ccccc1C2=O. The third-order valence-electron chi connectivity index (χ3n) is 3.15. The van der Waals surface area contributed by atoms with E-state index in [0.717, 1.165) is 13.0 Å². The third-order valence-corrected chi connectivity index (χ3v) is 3.15. The van der Waals surface area contributed by atoms with E-state index < -0.39 is 0 Å². The molecule has 0 fully saturated rings. The van der Waals surface area contributed by atoms with Gasteiger partial charge >= 0.3 is 0 Å². The van der Waals surface area contributed by atoms with Gasteiger partial charge in [-0.15, -0.1) is 0 Å². The molecule has 19 heavy (non-hydrogen) atoms. The topological polar surface area (TPSA) is 59.3 Å². The van der Waals surface area contributed by atoms with Crippen LogP contribution in [0.5, 0.6) is 0 Å². The summed E-state index contributed by atoms with van der Waals surface area (Å²) in [5.74, 6) is 0.233. The van der Waals surface area contributed by atoms with Crippen molar-refractivity contribution in [2.75, 3.05) is 11.9 Å². The summed E-state index contributed by atoms with van der Waals surface area (Å²) in [6.07, 6.45) is 0.938. The van der Waals surface area contributed by atoms with E-state index in [4.69, 9.17) is 4.42 Å². The fourth-order valence-electron chi connectivity index (χ4n) is 2.21. The molecule has 0 spiro atoms. The lowest BCUT2D eigenvalue weighted by Crippen LogP contribution is -2.18. The molecule has 96 valence electrons. The molecule has 0 aliphatic heterocycles. The molecular formula is C15H13NO3. The van der Waals surface area contributed by atoms with Gasteiger partial charge in [0, 0.05) is 23.7 Å². The van der Waals surface area contributed by atoms with Gasteiger partial charge < -0.3 is 9.73 Å². The summed E-state index contributed by atoms with van der Waals surface area (Å²) < 4.78 is 5.47. The monoisotopic (exact) mass is 255 g/mol. The number of rotatable bonds is 3.